The van der Waals surface area contributed by atoms with E-state index >= 15 is 0 Å². The van der Waals surface area contributed by atoms with Gasteiger partial charge in [0, 0.05) is 0 Å². The molecule has 0 N–H and O–H groups in total. The van der Waals surface area contributed by atoms with Crippen LogP contribution in [0.4, 0.5) is 11.4 Å². The van der Waals surface area contributed by atoms with Crippen LogP contribution in [-0.2, 0) is 0 Å². The van der Waals surface area contributed by atoms with Crippen LogP contribution in [0, 0.1) is 10.1 Å². The summed E-state index contributed by atoms with van der Waals surface area (Å²) in [6.07, 6.45) is 4.49. The molecule has 0 aromatic heterocycles. The minimum absolute atomic E-state index is 0.0490. The predicted octanol–water partition coefficient (Wildman–Crippen LogP) is 4.51. The number of rotatable bonds is 10. The van der Waals surface area contributed by atoms with Gasteiger partial charge in [0.25, 0.3) is 0 Å². The van der Waals surface area contributed by atoms with Gasteiger partial charge in [-0.1, -0.05) is 0 Å². The van der Waals surface area contributed by atoms with Gasteiger partial charge in [-0.25, -0.2) is 0 Å². The number of aliphatic imine (C=N–C) groups is 1. The first-order chi connectivity index (χ1) is 13.1. The van der Waals surface area contributed by atoms with Crippen molar-refractivity contribution in [1.29, 1.82) is 0 Å². The van der Waals surface area contributed by atoms with Gasteiger partial charge in [0.2, 0.25) is 0 Å². The van der Waals surface area contributed by atoms with Crippen molar-refractivity contribution in [3.63, 3.8) is 0 Å². The number of hydrogen-bond acceptors (Lipinski definition) is 3. The molecule has 27 heavy (non-hydrogen) atoms. The number of nitro benzene ring substituents is 1. The molecule has 2 aromatic rings. The summed E-state index contributed by atoms with van der Waals surface area (Å²) in [4.78, 5) is 18.0. The monoisotopic (exact) mass is 433 g/mol. The van der Waals surface area contributed by atoms with Gasteiger partial charge in [0.1, 0.15) is 0 Å². The Kier molecular flexibility index (Phi) is 9.02. The van der Waals surface area contributed by atoms with Crippen molar-refractivity contribution in [3.8, 4) is 0 Å². The molecule has 6 heteroatoms. The molecule has 0 aliphatic rings. The first-order valence-corrected chi connectivity index (χ1v) is 11.2. The van der Waals surface area contributed by atoms with E-state index < -0.39 is 0 Å². The topological polar surface area (TPSA) is 58.7 Å². The van der Waals surface area contributed by atoms with Crippen LogP contribution in [0.3, 0.4) is 0 Å². The van der Waals surface area contributed by atoms with Crippen LogP contribution in [0.2, 0.25) is 0 Å². The quantitative estimate of drug-likeness (QED) is 0.182. The standard InChI is InChI=1S/C21H27N3O2Se/c1-3-5-15-23(16-6-4-2)21(27-20-13-8-7-9-14-20)22-18-11-10-12-19(17-18)24(25)26/h7-14,17H,3-6,15-16H2,1-2H3. The third kappa shape index (κ3) is 7.16. The summed E-state index contributed by atoms with van der Waals surface area (Å²) in [7, 11) is 0. The number of nitrogens with zero attached hydrogens (tertiary/aromatic N) is 3. The van der Waals surface area contributed by atoms with Crippen molar-refractivity contribution >= 4 is 35.5 Å². The van der Waals surface area contributed by atoms with Gasteiger partial charge >= 0.3 is 168 Å². The Morgan fingerprint density at radius 2 is 1.70 bits per heavy atom. The van der Waals surface area contributed by atoms with Gasteiger partial charge < -0.3 is 0 Å². The van der Waals surface area contributed by atoms with E-state index in [9.17, 15) is 10.1 Å². The third-order valence-corrected chi connectivity index (χ3v) is 6.23. The molecule has 0 saturated carbocycles. The number of unbranched alkanes of at least 4 members (excludes halogenated alkanes) is 2. The molecule has 5 nitrogen and oxygen atoms in total. The number of amidine groups is 1. The van der Waals surface area contributed by atoms with Crippen LogP contribution >= 0.6 is 0 Å². The summed E-state index contributed by atoms with van der Waals surface area (Å²) < 4.78 is 2.29. The Labute approximate surface area is 167 Å². The zero-order chi connectivity index (χ0) is 19.5. The average molecular weight is 432 g/mol. The average Bonchev–Trinajstić information content (AvgIpc) is 2.69. The normalized spacial score (nSPS) is 11.4. The van der Waals surface area contributed by atoms with E-state index in [2.05, 4.69) is 30.9 Å². The van der Waals surface area contributed by atoms with Crippen LogP contribution < -0.4 is 4.46 Å². The summed E-state index contributed by atoms with van der Waals surface area (Å²) in [5, 5.41) is 11.1. The molecule has 0 spiro atoms. The Balaban J connectivity index is 2.36. The van der Waals surface area contributed by atoms with Gasteiger partial charge in [-0.2, -0.15) is 0 Å². The molecule has 0 bridgehead atoms. The molecule has 0 aliphatic carbocycles. The first-order valence-electron chi connectivity index (χ1n) is 9.45. The molecule has 0 atom stereocenters. The molecule has 2 rings (SSSR count). The van der Waals surface area contributed by atoms with Crippen LogP contribution in [0.15, 0.2) is 59.6 Å². The molecular weight excluding hydrogens is 405 g/mol. The summed E-state index contributed by atoms with van der Waals surface area (Å²) in [5.41, 5.74) is 0.728. The Bertz CT molecular complexity index is 742. The predicted molar refractivity (Wildman–Crippen MR) is 113 cm³/mol. The maximum atomic E-state index is 11.1. The number of hydrogen-bond donors (Lipinski definition) is 0. The molecule has 144 valence electrons. The van der Waals surface area contributed by atoms with Crippen molar-refractivity contribution in [1.82, 2.24) is 4.90 Å². The van der Waals surface area contributed by atoms with E-state index in [0.717, 1.165) is 43.5 Å². The SMILES string of the molecule is CCCCN(CCCC)C(=Nc1cccc([N+](=O)[O-])c1)[Se]c1ccccc1. The molecule has 0 heterocycles. The Morgan fingerprint density at radius 3 is 2.30 bits per heavy atom. The summed E-state index contributed by atoms with van der Waals surface area (Å²) in [6, 6.07) is 17.0. The number of benzene rings is 2. The number of non-ortho nitro benzene ring substituents is 1. The van der Waals surface area contributed by atoms with E-state index in [0.29, 0.717) is 5.69 Å². The van der Waals surface area contributed by atoms with E-state index in [1.165, 1.54) is 10.5 Å². The molecule has 0 radical (unpaired) electrons. The van der Waals surface area contributed by atoms with Gasteiger partial charge in [0.05, 0.1) is 0 Å². The summed E-state index contributed by atoms with van der Waals surface area (Å²) in [6.45, 7) is 6.33. The van der Waals surface area contributed by atoms with Crippen LogP contribution in [0.25, 0.3) is 0 Å². The summed E-state index contributed by atoms with van der Waals surface area (Å²) in [5.74, 6) is 0. The Morgan fingerprint density at radius 1 is 1.04 bits per heavy atom. The van der Waals surface area contributed by atoms with E-state index in [-0.39, 0.29) is 25.6 Å². The minimum atomic E-state index is -0.368. The van der Waals surface area contributed by atoms with Crippen molar-refractivity contribution < 1.29 is 4.92 Å². The second-order valence-corrected chi connectivity index (χ2v) is 8.46. The van der Waals surface area contributed by atoms with Gasteiger partial charge in [-0.3, -0.25) is 0 Å². The summed E-state index contributed by atoms with van der Waals surface area (Å²) >= 11 is 0.0490. The maximum absolute atomic E-state index is 11.1. The molecule has 0 aliphatic heterocycles. The zero-order valence-electron chi connectivity index (χ0n) is 16.0. The van der Waals surface area contributed by atoms with E-state index in [4.69, 9.17) is 4.99 Å². The third-order valence-electron chi connectivity index (χ3n) is 4.05. The van der Waals surface area contributed by atoms with Gasteiger partial charge in [-0.05, 0) is 0 Å². The van der Waals surface area contributed by atoms with Crippen molar-refractivity contribution in [2.24, 2.45) is 4.99 Å². The van der Waals surface area contributed by atoms with Crippen molar-refractivity contribution in [2.75, 3.05) is 13.1 Å². The fourth-order valence-electron chi connectivity index (χ4n) is 2.54. The van der Waals surface area contributed by atoms with Crippen LogP contribution in [-0.4, -0.2) is 42.6 Å². The van der Waals surface area contributed by atoms with Gasteiger partial charge in [-0.15, -0.1) is 0 Å². The molecule has 0 saturated heterocycles. The van der Waals surface area contributed by atoms with Crippen molar-refractivity contribution in [2.45, 2.75) is 39.5 Å². The van der Waals surface area contributed by atoms with Crippen molar-refractivity contribution in [3.05, 3.63) is 64.7 Å². The molecule has 2 aromatic carbocycles. The van der Waals surface area contributed by atoms with E-state index in [1.54, 1.807) is 12.1 Å². The number of nitro groups is 1. The Hall–Kier alpha value is -2.17. The molecule has 0 unspecified atom stereocenters. The second-order valence-electron chi connectivity index (χ2n) is 6.28. The van der Waals surface area contributed by atoms with Crippen LogP contribution in [0.5, 0.6) is 0 Å². The van der Waals surface area contributed by atoms with E-state index in [1.807, 2.05) is 24.3 Å². The first kappa shape index (κ1) is 21.1. The molecule has 0 amide bonds. The van der Waals surface area contributed by atoms with Crippen LogP contribution in [0.1, 0.15) is 39.5 Å². The molecular formula is C21H27N3O2Se. The fraction of sp³-hybridized carbons (Fsp3) is 0.381. The van der Waals surface area contributed by atoms with Gasteiger partial charge in [0.15, 0.2) is 0 Å². The molecule has 0 fully saturated rings. The fourth-order valence-corrected chi connectivity index (χ4v) is 4.57. The second kappa shape index (κ2) is 11.5. The zero-order valence-corrected chi connectivity index (χ0v) is 17.7.